The number of methoxy groups -OCH3 is 2. The van der Waals surface area contributed by atoms with Crippen molar-refractivity contribution in [3.63, 3.8) is 0 Å². The van der Waals surface area contributed by atoms with Gasteiger partial charge < -0.3 is 24.8 Å². The number of nitrogens with one attached hydrogen (secondary N) is 1. The molecule has 0 saturated carbocycles. The Balaban J connectivity index is 1.74. The van der Waals surface area contributed by atoms with Crippen molar-refractivity contribution in [1.29, 1.82) is 0 Å². The zero-order chi connectivity index (χ0) is 20.1. The van der Waals surface area contributed by atoms with Gasteiger partial charge in [0.2, 0.25) is 5.91 Å². The summed E-state index contributed by atoms with van der Waals surface area (Å²) in [5, 5.41) is 12.1. The predicted octanol–water partition coefficient (Wildman–Crippen LogP) is 2.40. The van der Waals surface area contributed by atoms with Gasteiger partial charge in [-0.25, -0.2) is 0 Å². The second kappa shape index (κ2) is 8.65. The lowest BCUT2D eigenvalue weighted by Gasteiger charge is -2.23. The lowest BCUT2D eigenvalue weighted by molar-refractivity contribution is -0.137. The molecule has 0 fully saturated rings. The van der Waals surface area contributed by atoms with Gasteiger partial charge in [0.15, 0.2) is 11.5 Å². The van der Waals surface area contributed by atoms with Crippen molar-refractivity contribution in [2.75, 3.05) is 32.2 Å². The van der Waals surface area contributed by atoms with E-state index in [0.29, 0.717) is 17.1 Å². The summed E-state index contributed by atoms with van der Waals surface area (Å²) in [6.07, 6.45) is 0.676. The zero-order valence-corrected chi connectivity index (χ0v) is 16.0. The minimum Gasteiger partial charge on any atom is -0.493 e. The average molecular weight is 384 g/mol. The first-order valence-electron chi connectivity index (χ1n) is 9.07. The van der Waals surface area contributed by atoms with Crippen molar-refractivity contribution in [2.24, 2.45) is 0 Å². The second-order valence-corrected chi connectivity index (χ2v) is 6.63. The fourth-order valence-corrected chi connectivity index (χ4v) is 3.48. The van der Waals surface area contributed by atoms with Crippen LogP contribution in [0.5, 0.6) is 11.5 Å². The Morgan fingerprint density at radius 3 is 2.61 bits per heavy atom. The van der Waals surface area contributed by atoms with E-state index >= 15 is 0 Å². The summed E-state index contributed by atoms with van der Waals surface area (Å²) >= 11 is 0. The number of hydrogen-bond donors (Lipinski definition) is 2. The van der Waals surface area contributed by atoms with E-state index in [9.17, 15) is 14.7 Å². The number of carboxylic acid groups (broad SMARTS) is 1. The lowest BCUT2D eigenvalue weighted by atomic mass is 10.0. The van der Waals surface area contributed by atoms with Gasteiger partial charge >= 0.3 is 5.97 Å². The Morgan fingerprint density at radius 1 is 1.14 bits per heavy atom. The van der Waals surface area contributed by atoms with Crippen LogP contribution in [0.15, 0.2) is 42.5 Å². The van der Waals surface area contributed by atoms with E-state index < -0.39 is 12.0 Å². The minimum absolute atomic E-state index is 0.181. The van der Waals surface area contributed by atoms with Crippen LogP contribution in [0, 0.1) is 0 Å². The maximum atomic E-state index is 12.6. The number of aliphatic carboxylic acids is 1. The Morgan fingerprint density at radius 2 is 1.89 bits per heavy atom. The number of carbonyl (C=O) groups excluding carboxylic acids is 1. The summed E-state index contributed by atoms with van der Waals surface area (Å²) in [6.45, 7) is 0.952. The fourth-order valence-electron chi connectivity index (χ4n) is 3.48. The van der Waals surface area contributed by atoms with Crippen molar-refractivity contribution in [3.05, 3.63) is 53.6 Å². The number of para-hydroxylation sites is 1. The van der Waals surface area contributed by atoms with E-state index in [-0.39, 0.29) is 18.9 Å². The van der Waals surface area contributed by atoms with Crippen LogP contribution in [-0.2, 0) is 16.0 Å². The number of anilines is 1. The number of hydrogen-bond acceptors (Lipinski definition) is 5. The Hall–Kier alpha value is -3.22. The molecule has 2 aromatic carbocycles. The molecule has 1 atom stereocenters. The highest BCUT2D eigenvalue weighted by atomic mass is 16.5. The number of rotatable bonds is 8. The van der Waals surface area contributed by atoms with Crippen molar-refractivity contribution in [1.82, 2.24) is 5.32 Å². The standard InChI is InChI=1S/C21H24N2O5/c1-27-18-8-7-15(11-19(18)28-2)16(12-21(25)26)22-20(24)13-23-10-9-14-5-3-4-6-17(14)23/h3-8,11,16H,9-10,12-13H2,1-2H3,(H,22,24)(H,25,26). The smallest absolute Gasteiger partial charge is 0.305 e. The molecule has 0 radical (unpaired) electrons. The molecule has 148 valence electrons. The van der Waals surface area contributed by atoms with Gasteiger partial charge in [-0.2, -0.15) is 0 Å². The van der Waals surface area contributed by atoms with Crippen molar-refractivity contribution in [3.8, 4) is 11.5 Å². The highest BCUT2D eigenvalue weighted by Crippen LogP contribution is 2.31. The van der Waals surface area contributed by atoms with Gasteiger partial charge in [0.1, 0.15) is 0 Å². The molecule has 0 saturated heterocycles. The second-order valence-electron chi connectivity index (χ2n) is 6.63. The van der Waals surface area contributed by atoms with Gasteiger partial charge in [0.05, 0.1) is 33.2 Å². The third-order valence-corrected chi connectivity index (χ3v) is 4.84. The van der Waals surface area contributed by atoms with Crippen LogP contribution in [-0.4, -0.2) is 44.3 Å². The maximum Gasteiger partial charge on any atom is 0.305 e. The number of benzene rings is 2. The Kier molecular flexibility index (Phi) is 6.03. The molecular formula is C21H24N2O5. The van der Waals surface area contributed by atoms with Crippen LogP contribution in [0.2, 0.25) is 0 Å². The summed E-state index contributed by atoms with van der Waals surface area (Å²) in [7, 11) is 3.04. The molecule has 3 rings (SSSR count). The van der Waals surface area contributed by atoms with Gasteiger partial charge in [0, 0.05) is 12.2 Å². The average Bonchev–Trinajstić information content (AvgIpc) is 3.09. The van der Waals surface area contributed by atoms with Crippen LogP contribution in [0.3, 0.4) is 0 Å². The summed E-state index contributed by atoms with van der Waals surface area (Å²) in [5.74, 6) is -0.192. The fraction of sp³-hybridized carbons (Fsp3) is 0.333. The molecule has 0 bridgehead atoms. The molecule has 0 aliphatic carbocycles. The van der Waals surface area contributed by atoms with E-state index in [1.165, 1.54) is 19.8 Å². The first-order valence-corrected chi connectivity index (χ1v) is 9.07. The van der Waals surface area contributed by atoms with E-state index in [1.807, 2.05) is 23.1 Å². The summed E-state index contributed by atoms with van der Waals surface area (Å²) in [4.78, 5) is 26.0. The number of amides is 1. The lowest BCUT2D eigenvalue weighted by Crippen LogP contribution is -2.39. The molecule has 1 aliphatic rings. The minimum atomic E-state index is -0.994. The molecule has 7 nitrogen and oxygen atoms in total. The third kappa shape index (κ3) is 4.36. The molecule has 2 N–H and O–H groups in total. The van der Waals surface area contributed by atoms with Crippen LogP contribution in [0.4, 0.5) is 5.69 Å². The number of carbonyl (C=O) groups is 2. The van der Waals surface area contributed by atoms with Gasteiger partial charge in [-0.1, -0.05) is 24.3 Å². The SMILES string of the molecule is COc1ccc(C(CC(=O)O)NC(=O)CN2CCc3ccccc32)cc1OC. The Labute approximate surface area is 163 Å². The van der Waals surface area contributed by atoms with Crippen LogP contribution >= 0.6 is 0 Å². The van der Waals surface area contributed by atoms with E-state index in [0.717, 1.165) is 18.7 Å². The zero-order valence-electron chi connectivity index (χ0n) is 16.0. The van der Waals surface area contributed by atoms with E-state index in [2.05, 4.69) is 11.4 Å². The monoisotopic (exact) mass is 384 g/mol. The van der Waals surface area contributed by atoms with E-state index in [4.69, 9.17) is 9.47 Å². The molecule has 2 aromatic rings. The molecule has 1 heterocycles. The van der Waals surface area contributed by atoms with Gasteiger partial charge in [0.25, 0.3) is 0 Å². The van der Waals surface area contributed by atoms with Crippen LogP contribution < -0.4 is 19.7 Å². The van der Waals surface area contributed by atoms with Crippen LogP contribution in [0.1, 0.15) is 23.6 Å². The van der Waals surface area contributed by atoms with Gasteiger partial charge in [-0.05, 0) is 35.7 Å². The molecule has 28 heavy (non-hydrogen) atoms. The van der Waals surface area contributed by atoms with Crippen LogP contribution in [0.25, 0.3) is 0 Å². The number of carboxylic acids is 1. The van der Waals surface area contributed by atoms with Crippen molar-refractivity contribution < 1.29 is 24.2 Å². The highest BCUT2D eigenvalue weighted by Gasteiger charge is 2.24. The van der Waals surface area contributed by atoms with E-state index in [1.54, 1.807) is 18.2 Å². The first-order chi connectivity index (χ1) is 13.5. The summed E-state index contributed by atoms with van der Waals surface area (Å²) in [5.41, 5.74) is 2.92. The maximum absolute atomic E-state index is 12.6. The Bertz CT molecular complexity index is 868. The summed E-state index contributed by atoms with van der Waals surface area (Å²) < 4.78 is 10.5. The number of fused-ring (bicyclic) bond motifs is 1. The highest BCUT2D eigenvalue weighted by molar-refractivity contribution is 5.83. The summed E-state index contributed by atoms with van der Waals surface area (Å²) in [6, 6.07) is 12.5. The quantitative estimate of drug-likeness (QED) is 0.727. The number of ether oxygens (including phenoxy) is 2. The van der Waals surface area contributed by atoms with Crippen molar-refractivity contribution >= 4 is 17.6 Å². The molecule has 1 unspecified atom stereocenters. The molecule has 0 aromatic heterocycles. The third-order valence-electron chi connectivity index (χ3n) is 4.84. The first kappa shape index (κ1) is 19.5. The number of nitrogens with zero attached hydrogens (tertiary/aromatic N) is 1. The molecule has 1 aliphatic heterocycles. The van der Waals surface area contributed by atoms with Gasteiger partial charge in [-0.3, -0.25) is 9.59 Å². The van der Waals surface area contributed by atoms with Crippen molar-refractivity contribution in [2.45, 2.75) is 18.9 Å². The normalized spacial score (nSPS) is 13.6. The topological polar surface area (TPSA) is 88.1 Å². The predicted molar refractivity (Wildman–Crippen MR) is 105 cm³/mol. The molecule has 7 heteroatoms. The molecule has 0 spiro atoms. The largest absolute Gasteiger partial charge is 0.493 e. The van der Waals surface area contributed by atoms with Gasteiger partial charge in [-0.15, -0.1) is 0 Å². The molecule has 1 amide bonds. The molecular weight excluding hydrogens is 360 g/mol.